The third-order valence-corrected chi connectivity index (χ3v) is 5.72. The molecule has 1 saturated carbocycles. The fourth-order valence-corrected chi connectivity index (χ4v) is 4.07. The number of carbonyl (C=O) groups excluding carboxylic acids is 1. The van der Waals surface area contributed by atoms with Crippen molar-refractivity contribution >= 4 is 27.8 Å². The summed E-state index contributed by atoms with van der Waals surface area (Å²) >= 11 is 3.26. The SMILES string of the molecule is CN=C(NCc1ccc(Br)cc1F)NC1CCN(C(=O)C2CCCC2)C1. The van der Waals surface area contributed by atoms with Crippen molar-refractivity contribution in [1.82, 2.24) is 15.5 Å². The molecule has 0 spiro atoms. The van der Waals surface area contributed by atoms with E-state index >= 15 is 0 Å². The lowest BCUT2D eigenvalue weighted by Crippen LogP contribution is -2.45. The first kappa shape index (κ1) is 19.1. The molecule has 0 aromatic heterocycles. The quantitative estimate of drug-likeness (QED) is 0.576. The molecule has 1 aliphatic heterocycles. The summed E-state index contributed by atoms with van der Waals surface area (Å²) in [6.45, 7) is 1.87. The minimum Gasteiger partial charge on any atom is -0.352 e. The fourth-order valence-electron chi connectivity index (χ4n) is 3.74. The summed E-state index contributed by atoms with van der Waals surface area (Å²) in [5, 5.41) is 6.51. The van der Waals surface area contributed by atoms with Crippen molar-refractivity contribution in [3.8, 4) is 0 Å². The summed E-state index contributed by atoms with van der Waals surface area (Å²) in [5.74, 6) is 0.919. The fraction of sp³-hybridized carbons (Fsp3) is 0.579. The molecule has 2 aliphatic rings. The topological polar surface area (TPSA) is 56.7 Å². The number of guanidine groups is 1. The normalized spacial score (nSPS) is 21.3. The predicted molar refractivity (Wildman–Crippen MR) is 104 cm³/mol. The van der Waals surface area contributed by atoms with Gasteiger partial charge in [0.25, 0.3) is 0 Å². The second kappa shape index (κ2) is 8.84. The Morgan fingerprint density at radius 3 is 2.81 bits per heavy atom. The van der Waals surface area contributed by atoms with E-state index < -0.39 is 0 Å². The van der Waals surface area contributed by atoms with Gasteiger partial charge in [-0.15, -0.1) is 0 Å². The van der Waals surface area contributed by atoms with E-state index in [0.717, 1.165) is 30.3 Å². The van der Waals surface area contributed by atoms with Crippen LogP contribution in [0.4, 0.5) is 4.39 Å². The van der Waals surface area contributed by atoms with Gasteiger partial charge in [0.1, 0.15) is 5.82 Å². The number of amides is 1. The molecule has 1 heterocycles. The summed E-state index contributed by atoms with van der Waals surface area (Å²) in [6.07, 6.45) is 5.33. The Balaban J connectivity index is 1.48. The first-order valence-corrected chi connectivity index (χ1v) is 10.1. The van der Waals surface area contributed by atoms with Gasteiger partial charge in [-0.25, -0.2) is 4.39 Å². The monoisotopic (exact) mass is 424 g/mol. The van der Waals surface area contributed by atoms with Gasteiger partial charge in [0, 0.05) is 48.7 Å². The lowest BCUT2D eigenvalue weighted by molar-refractivity contribution is -0.134. The second-order valence-corrected chi connectivity index (χ2v) is 7.97. The van der Waals surface area contributed by atoms with E-state index in [9.17, 15) is 9.18 Å². The summed E-state index contributed by atoms with van der Waals surface area (Å²) < 4.78 is 14.6. The number of halogens is 2. The van der Waals surface area contributed by atoms with Crippen LogP contribution in [-0.2, 0) is 11.3 Å². The van der Waals surface area contributed by atoms with E-state index in [1.54, 1.807) is 13.1 Å². The molecule has 7 heteroatoms. The van der Waals surface area contributed by atoms with E-state index in [1.165, 1.54) is 18.9 Å². The van der Waals surface area contributed by atoms with Crippen molar-refractivity contribution < 1.29 is 9.18 Å². The number of benzene rings is 1. The second-order valence-electron chi connectivity index (χ2n) is 7.06. The van der Waals surface area contributed by atoms with E-state index in [0.29, 0.717) is 30.5 Å². The minimum atomic E-state index is -0.253. The van der Waals surface area contributed by atoms with Crippen LogP contribution in [0, 0.1) is 11.7 Å². The third-order valence-electron chi connectivity index (χ3n) is 5.23. The Bertz CT molecular complexity index is 676. The van der Waals surface area contributed by atoms with Gasteiger partial charge >= 0.3 is 0 Å². The van der Waals surface area contributed by atoms with Gasteiger partial charge in [0.2, 0.25) is 5.91 Å². The zero-order valence-electron chi connectivity index (χ0n) is 15.1. The average Bonchev–Trinajstić information content (AvgIpc) is 3.31. The summed E-state index contributed by atoms with van der Waals surface area (Å²) in [4.78, 5) is 18.7. The third kappa shape index (κ3) is 4.75. The summed E-state index contributed by atoms with van der Waals surface area (Å²) in [5.41, 5.74) is 0.584. The standard InChI is InChI=1S/C19H26BrFN4O/c1-22-19(23-11-14-6-7-15(20)10-17(14)21)24-16-8-9-25(12-16)18(26)13-4-2-3-5-13/h6-7,10,13,16H,2-5,8-9,11-12H2,1H3,(H2,22,23,24). The molecule has 1 aromatic rings. The molecule has 1 amide bonds. The Labute approximate surface area is 162 Å². The number of nitrogens with zero attached hydrogens (tertiary/aromatic N) is 2. The van der Waals surface area contributed by atoms with Gasteiger partial charge in [-0.1, -0.05) is 34.8 Å². The van der Waals surface area contributed by atoms with Gasteiger partial charge in [0.15, 0.2) is 5.96 Å². The van der Waals surface area contributed by atoms with Crippen molar-refractivity contribution in [3.63, 3.8) is 0 Å². The van der Waals surface area contributed by atoms with Gasteiger partial charge in [-0.05, 0) is 31.4 Å². The number of carbonyl (C=O) groups is 1. The van der Waals surface area contributed by atoms with Gasteiger partial charge in [-0.3, -0.25) is 9.79 Å². The molecule has 3 rings (SSSR count). The van der Waals surface area contributed by atoms with Crippen molar-refractivity contribution in [2.45, 2.75) is 44.7 Å². The number of aliphatic imine (C=N–C) groups is 1. The smallest absolute Gasteiger partial charge is 0.225 e. The Hall–Kier alpha value is -1.63. The highest BCUT2D eigenvalue weighted by Gasteiger charge is 2.32. The van der Waals surface area contributed by atoms with E-state index in [-0.39, 0.29) is 17.8 Å². The molecule has 1 unspecified atom stereocenters. The van der Waals surface area contributed by atoms with E-state index in [1.807, 2.05) is 11.0 Å². The lowest BCUT2D eigenvalue weighted by Gasteiger charge is -2.21. The molecule has 1 aliphatic carbocycles. The van der Waals surface area contributed by atoms with Gasteiger partial charge in [-0.2, -0.15) is 0 Å². The Kier molecular flexibility index (Phi) is 6.51. The highest BCUT2D eigenvalue weighted by Crippen LogP contribution is 2.27. The maximum absolute atomic E-state index is 13.9. The molecule has 1 saturated heterocycles. The van der Waals surface area contributed by atoms with Gasteiger partial charge < -0.3 is 15.5 Å². The molecule has 2 fully saturated rings. The molecule has 1 atom stereocenters. The summed E-state index contributed by atoms with van der Waals surface area (Å²) in [7, 11) is 1.70. The molecular formula is C19H26BrFN4O. The molecule has 142 valence electrons. The number of nitrogens with one attached hydrogen (secondary N) is 2. The van der Waals surface area contributed by atoms with Crippen molar-refractivity contribution in [2.75, 3.05) is 20.1 Å². The maximum atomic E-state index is 13.9. The molecule has 1 aromatic carbocycles. The highest BCUT2D eigenvalue weighted by atomic mass is 79.9. The minimum absolute atomic E-state index is 0.182. The van der Waals surface area contributed by atoms with E-state index in [4.69, 9.17) is 0 Å². The zero-order valence-corrected chi connectivity index (χ0v) is 16.7. The van der Waals surface area contributed by atoms with Crippen LogP contribution in [0.15, 0.2) is 27.7 Å². The predicted octanol–water partition coefficient (Wildman–Crippen LogP) is 3.04. The largest absolute Gasteiger partial charge is 0.352 e. The van der Waals surface area contributed by atoms with Crippen LogP contribution in [0.2, 0.25) is 0 Å². The highest BCUT2D eigenvalue weighted by molar-refractivity contribution is 9.10. The number of likely N-dealkylation sites (tertiary alicyclic amines) is 1. The lowest BCUT2D eigenvalue weighted by atomic mass is 10.1. The first-order valence-electron chi connectivity index (χ1n) is 9.26. The molecule has 0 bridgehead atoms. The Morgan fingerprint density at radius 2 is 2.12 bits per heavy atom. The van der Waals surface area contributed by atoms with Crippen LogP contribution >= 0.6 is 15.9 Å². The number of rotatable bonds is 4. The van der Waals surface area contributed by atoms with Crippen molar-refractivity contribution in [2.24, 2.45) is 10.9 Å². The number of hydrogen-bond acceptors (Lipinski definition) is 2. The maximum Gasteiger partial charge on any atom is 0.225 e. The molecular weight excluding hydrogens is 399 g/mol. The van der Waals surface area contributed by atoms with Crippen LogP contribution in [-0.4, -0.2) is 42.9 Å². The van der Waals surface area contributed by atoms with Crippen molar-refractivity contribution in [1.29, 1.82) is 0 Å². The Morgan fingerprint density at radius 1 is 1.35 bits per heavy atom. The molecule has 0 radical (unpaired) electrons. The van der Waals surface area contributed by atoms with Crippen LogP contribution < -0.4 is 10.6 Å². The van der Waals surface area contributed by atoms with Crippen LogP contribution in [0.25, 0.3) is 0 Å². The van der Waals surface area contributed by atoms with E-state index in [2.05, 4.69) is 31.6 Å². The van der Waals surface area contributed by atoms with Gasteiger partial charge in [0.05, 0.1) is 0 Å². The first-order chi connectivity index (χ1) is 12.6. The summed E-state index contributed by atoms with van der Waals surface area (Å²) in [6, 6.07) is 5.20. The zero-order chi connectivity index (χ0) is 18.5. The van der Waals surface area contributed by atoms with Crippen LogP contribution in [0.5, 0.6) is 0 Å². The number of hydrogen-bond donors (Lipinski definition) is 2. The van der Waals surface area contributed by atoms with Crippen LogP contribution in [0.3, 0.4) is 0 Å². The molecule has 2 N–H and O–H groups in total. The van der Waals surface area contributed by atoms with Crippen LogP contribution in [0.1, 0.15) is 37.7 Å². The molecule has 5 nitrogen and oxygen atoms in total. The average molecular weight is 425 g/mol. The molecule has 26 heavy (non-hydrogen) atoms. The van der Waals surface area contributed by atoms with Crippen molar-refractivity contribution in [3.05, 3.63) is 34.1 Å².